The van der Waals surface area contributed by atoms with Crippen molar-refractivity contribution in [2.45, 2.75) is 46.8 Å². The summed E-state index contributed by atoms with van der Waals surface area (Å²) >= 11 is 39.3. The summed E-state index contributed by atoms with van der Waals surface area (Å²) in [6.07, 6.45) is 0.256. The lowest BCUT2D eigenvalue weighted by atomic mass is 10.1. The first kappa shape index (κ1) is 20.9. The lowest BCUT2D eigenvalue weighted by Gasteiger charge is -2.41. The third-order valence-corrected chi connectivity index (χ3v) is 12.3. The predicted octanol–water partition coefficient (Wildman–Crippen LogP) is 5.64. The van der Waals surface area contributed by atoms with Gasteiger partial charge >= 0.3 is 8.80 Å². The van der Waals surface area contributed by atoms with Crippen LogP contribution in [0.25, 0.3) is 0 Å². The largest absolute Gasteiger partial charge is 0.506 e. The molecule has 134 valence electrons. The highest BCUT2D eigenvalue weighted by Crippen LogP contribution is 2.77. The van der Waals surface area contributed by atoms with E-state index >= 15 is 0 Å². The summed E-state index contributed by atoms with van der Waals surface area (Å²) in [6, 6.07) is 0. The fourth-order valence-corrected chi connectivity index (χ4v) is 10.2. The molecule has 2 aliphatic rings. The molecular formula is C13H18Cl6O3Si. The van der Waals surface area contributed by atoms with E-state index in [1.165, 1.54) is 0 Å². The van der Waals surface area contributed by atoms with Gasteiger partial charge in [0.1, 0.15) is 9.75 Å². The number of allylic oxidation sites excluding steroid dienone is 2. The Labute approximate surface area is 167 Å². The van der Waals surface area contributed by atoms with Crippen molar-refractivity contribution >= 4 is 78.4 Å². The maximum Gasteiger partial charge on any atom is 0.506 e. The summed E-state index contributed by atoms with van der Waals surface area (Å²) < 4.78 is 16.2. The first-order valence-electron chi connectivity index (χ1n) is 7.32. The summed E-state index contributed by atoms with van der Waals surface area (Å²) in [6.45, 7) is 6.71. The predicted molar refractivity (Wildman–Crippen MR) is 99.3 cm³/mol. The first-order valence-corrected chi connectivity index (χ1v) is 11.4. The summed E-state index contributed by atoms with van der Waals surface area (Å²) in [7, 11) is -3.26. The van der Waals surface area contributed by atoms with Crippen molar-refractivity contribution in [3.05, 3.63) is 10.1 Å². The summed E-state index contributed by atoms with van der Waals surface area (Å²) in [5.74, 6) is 0. The van der Waals surface area contributed by atoms with Crippen molar-refractivity contribution in [2.75, 3.05) is 19.8 Å². The average Bonchev–Trinajstić information content (AvgIpc) is 2.70. The Morgan fingerprint density at radius 3 is 1.65 bits per heavy atom. The third kappa shape index (κ3) is 2.63. The molecule has 0 saturated heterocycles. The Bertz CT molecular complexity index is 499. The summed E-state index contributed by atoms with van der Waals surface area (Å²) in [4.78, 5) is -2.73. The average molecular weight is 463 g/mol. The van der Waals surface area contributed by atoms with E-state index in [1.54, 1.807) is 0 Å². The van der Waals surface area contributed by atoms with Gasteiger partial charge in [-0.15, -0.1) is 23.2 Å². The Morgan fingerprint density at radius 1 is 0.913 bits per heavy atom. The fourth-order valence-electron chi connectivity index (χ4n) is 3.31. The smallest absolute Gasteiger partial charge is 0.374 e. The molecule has 1 saturated carbocycles. The van der Waals surface area contributed by atoms with Crippen LogP contribution in [-0.4, -0.2) is 42.7 Å². The second-order valence-corrected chi connectivity index (χ2v) is 11.5. The van der Waals surface area contributed by atoms with Crippen molar-refractivity contribution in [1.29, 1.82) is 0 Å². The molecule has 0 heterocycles. The molecule has 0 aromatic carbocycles. The molecule has 23 heavy (non-hydrogen) atoms. The normalized spacial score (nSPS) is 36.1. The highest BCUT2D eigenvalue weighted by molar-refractivity contribution is 6.71. The van der Waals surface area contributed by atoms with Crippen LogP contribution in [0.1, 0.15) is 27.2 Å². The van der Waals surface area contributed by atoms with Crippen LogP contribution >= 0.6 is 69.6 Å². The van der Waals surface area contributed by atoms with E-state index in [1.807, 2.05) is 20.8 Å². The van der Waals surface area contributed by atoms with Crippen molar-refractivity contribution in [3.63, 3.8) is 0 Å². The Hall–Kier alpha value is 1.58. The standard InChI is InChI=1S/C13H18Cl6O3Si/c1-4-20-23(21-5-2,22-6-3)8-7-11(16)9(14)10(15)12(8,17)13(11,18)19/h8H,4-7H2,1-3H3/t8-,11-,12-/m1/s1. The van der Waals surface area contributed by atoms with Gasteiger partial charge in [-0.2, -0.15) is 0 Å². The van der Waals surface area contributed by atoms with Crippen LogP contribution in [0, 0.1) is 0 Å². The van der Waals surface area contributed by atoms with Gasteiger partial charge < -0.3 is 13.3 Å². The topological polar surface area (TPSA) is 27.7 Å². The molecule has 0 spiro atoms. The fraction of sp³-hybridized carbons (Fsp3) is 0.846. The molecule has 1 fully saturated rings. The minimum absolute atomic E-state index is 0.132. The van der Waals surface area contributed by atoms with Crippen LogP contribution in [0.4, 0.5) is 0 Å². The number of alkyl halides is 4. The molecule has 2 bridgehead atoms. The van der Waals surface area contributed by atoms with Crippen molar-refractivity contribution in [3.8, 4) is 0 Å². The van der Waals surface area contributed by atoms with E-state index in [2.05, 4.69) is 0 Å². The number of rotatable bonds is 7. The zero-order chi connectivity index (χ0) is 17.7. The van der Waals surface area contributed by atoms with Crippen molar-refractivity contribution in [2.24, 2.45) is 0 Å². The Morgan fingerprint density at radius 2 is 1.35 bits per heavy atom. The van der Waals surface area contributed by atoms with Gasteiger partial charge in [0.15, 0.2) is 4.33 Å². The molecule has 0 radical (unpaired) electrons. The van der Waals surface area contributed by atoms with Gasteiger partial charge in [-0.3, -0.25) is 0 Å². The van der Waals surface area contributed by atoms with Gasteiger partial charge in [-0.1, -0.05) is 46.4 Å². The van der Waals surface area contributed by atoms with E-state index in [9.17, 15) is 0 Å². The van der Waals surface area contributed by atoms with Gasteiger partial charge in [-0.05, 0) is 27.2 Å². The first-order chi connectivity index (χ1) is 10.6. The molecule has 0 aliphatic heterocycles. The number of fused-ring (bicyclic) bond motifs is 2. The van der Waals surface area contributed by atoms with Crippen molar-refractivity contribution < 1.29 is 13.3 Å². The lowest BCUT2D eigenvalue weighted by molar-refractivity contribution is 0.0588. The molecular weight excluding hydrogens is 445 g/mol. The van der Waals surface area contributed by atoms with Gasteiger partial charge in [0.05, 0.1) is 15.6 Å². The van der Waals surface area contributed by atoms with Gasteiger partial charge in [-0.25, -0.2) is 0 Å². The monoisotopic (exact) mass is 460 g/mol. The van der Waals surface area contributed by atoms with Gasteiger partial charge in [0.25, 0.3) is 0 Å². The lowest BCUT2D eigenvalue weighted by Crippen LogP contribution is -2.57. The third-order valence-electron chi connectivity index (χ3n) is 4.24. The number of hydrogen-bond donors (Lipinski definition) is 0. The van der Waals surface area contributed by atoms with Crippen molar-refractivity contribution in [1.82, 2.24) is 0 Å². The molecule has 3 nitrogen and oxygen atoms in total. The van der Waals surface area contributed by atoms with Crippen LogP contribution < -0.4 is 0 Å². The van der Waals surface area contributed by atoms with Gasteiger partial charge in [0, 0.05) is 19.8 Å². The zero-order valence-electron chi connectivity index (χ0n) is 12.9. The number of halogens is 6. The molecule has 0 aromatic rings. The minimum atomic E-state index is -3.26. The highest BCUT2D eigenvalue weighted by atomic mass is 35.5. The van der Waals surface area contributed by atoms with E-state index in [0.717, 1.165) is 0 Å². The molecule has 2 aliphatic carbocycles. The molecule has 3 atom stereocenters. The van der Waals surface area contributed by atoms with Crippen LogP contribution in [0.3, 0.4) is 0 Å². The Kier molecular flexibility index (Phi) is 6.31. The van der Waals surface area contributed by atoms with Crippen LogP contribution in [0.15, 0.2) is 10.1 Å². The Balaban J connectivity index is 2.59. The zero-order valence-corrected chi connectivity index (χ0v) is 18.4. The minimum Gasteiger partial charge on any atom is -0.374 e. The van der Waals surface area contributed by atoms with E-state index in [-0.39, 0.29) is 16.5 Å². The number of hydrogen-bond acceptors (Lipinski definition) is 3. The van der Waals surface area contributed by atoms with E-state index in [0.29, 0.717) is 19.8 Å². The molecule has 0 amide bonds. The van der Waals surface area contributed by atoms with Crippen LogP contribution in [-0.2, 0) is 13.3 Å². The maximum absolute atomic E-state index is 6.85. The summed E-state index contributed by atoms with van der Waals surface area (Å²) in [5, 5.41) is 0.303. The van der Waals surface area contributed by atoms with E-state index < -0.39 is 28.4 Å². The maximum atomic E-state index is 6.85. The van der Waals surface area contributed by atoms with E-state index in [4.69, 9.17) is 82.9 Å². The SMILES string of the molecule is CCO[Si](OCC)(OCC)[C@@H]1C[C@@]2(Cl)C(Cl)=C(Cl)[C@@]1(Cl)C2(Cl)Cl. The van der Waals surface area contributed by atoms with Crippen LogP contribution in [0.2, 0.25) is 5.54 Å². The molecule has 0 N–H and O–H groups in total. The van der Waals surface area contributed by atoms with Crippen LogP contribution in [0.5, 0.6) is 0 Å². The second kappa shape index (κ2) is 6.95. The highest BCUT2D eigenvalue weighted by Gasteiger charge is 2.83. The van der Waals surface area contributed by atoms with Gasteiger partial charge in [0.2, 0.25) is 0 Å². The molecule has 2 rings (SSSR count). The molecule has 0 aromatic heterocycles. The molecule has 0 unspecified atom stereocenters. The quantitative estimate of drug-likeness (QED) is 0.362. The molecule has 10 heteroatoms. The summed E-state index contributed by atoms with van der Waals surface area (Å²) in [5.41, 5.74) is -0.515. The second-order valence-electron chi connectivity index (χ2n) is 5.37.